The molecule has 0 fully saturated rings. The highest BCUT2D eigenvalue weighted by molar-refractivity contribution is 5.17. The van der Waals surface area contributed by atoms with Crippen LogP contribution in [0.2, 0.25) is 0 Å². The Bertz CT molecular complexity index is 315. The SMILES string of the molecule is CCCNC(CCCOC)c1cc(C)ccn1. The minimum atomic E-state index is 0.352. The van der Waals surface area contributed by atoms with Gasteiger partial charge in [0, 0.05) is 26.0 Å². The first-order valence-corrected chi connectivity index (χ1v) is 6.42. The van der Waals surface area contributed by atoms with Crippen LogP contribution in [0.5, 0.6) is 0 Å². The van der Waals surface area contributed by atoms with Gasteiger partial charge < -0.3 is 10.1 Å². The molecular formula is C14H24N2O. The van der Waals surface area contributed by atoms with Crippen LogP contribution < -0.4 is 5.32 Å². The Labute approximate surface area is 105 Å². The average molecular weight is 236 g/mol. The van der Waals surface area contributed by atoms with E-state index in [1.807, 2.05) is 12.3 Å². The van der Waals surface area contributed by atoms with Gasteiger partial charge in [0.2, 0.25) is 0 Å². The molecule has 0 amide bonds. The van der Waals surface area contributed by atoms with Gasteiger partial charge in [0.25, 0.3) is 0 Å². The third-order valence-corrected chi connectivity index (χ3v) is 2.78. The summed E-state index contributed by atoms with van der Waals surface area (Å²) in [6, 6.07) is 4.56. The smallest absolute Gasteiger partial charge is 0.0575 e. The Balaban J connectivity index is 2.60. The predicted molar refractivity (Wildman–Crippen MR) is 71.1 cm³/mol. The Morgan fingerprint density at radius 2 is 2.29 bits per heavy atom. The molecule has 0 radical (unpaired) electrons. The second-order valence-corrected chi connectivity index (χ2v) is 4.40. The minimum absolute atomic E-state index is 0.352. The van der Waals surface area contributed by atoms with Gasteiger partial charge in [-0.05, 0) is 50.4 Å². The third kappa shape index (κ3) is 5.29. The maximum atomic E-state index is 5.11. The molecule has 0 aliphatic heterocycles. The lowest BCUT2D eigenvalue weighted by Gasteiger charge is -2.18. The van der Waals surface area contributed by atoms with E-state index in [1.165, 1.54) is 5.56 Å². The van der Waals surface area contributed by atoms with Crippen molar-refractivity contribution in [2.24, 2.45) is 0 Å². The Morgan fingerprint density at radius 3 is 2.94 bits per heavy atom. The van der Waals surface area contributed by atoms with Crippen LogP contribution in [-0.4, -0.2) is 25.2 Å². The standard InChI is InChI=1S/C14H24N2O/c1-4-8-15-13(6-5-10-17-3)14-11-12(2)7-9-16-14/h7,9,11,13,15H,4-6,8,10H2,1-3H3. The lowest BCUT2D eigenvalue weighted by molar-refractivity contribution is 0.188. The van der Waals surface area contributed by atoms with Crippen molar-refractivity contribution in [3.8, 4) is 0 Å². The van der Waals surface area contributed by atoms with Crippen LogP contribution in [0.1, 0.15) is 43.5 Å². The van der Waals surface area contributed by atoms with Gasteiger partial charge >= 0.3 is 0 Å². The number of aromatic nitrogens is 1. The molecule has 3 heteroatoms. The Hall–Kier alpha value is -0.930. The molecule has 3 nitrogen and oxygen atoms in total. The van der Waals surface area contributed by atoms with E-state index in [2.05, 4.69) is 30.2 Å². The molecule has 96 valence electrons. The van der Waals surface area contributed by atoms with Crippen LogP contribution in [0.3, 0.4) is 0 Å². The zero-order chi connectivity index (χ0) is 12.5. The number of ether oxygens (including phenoxy) is 1. The minimum Gasteiger partial charge on any atom is -0.385 e. The molecule has 0 saturated carbocycles. The highest BCUT2D eigenvalue weighted by Crippen LogP contribution is 2.17. The summed E-state index contributed by atoms with van der Waals surface area (Å²) >= 11 is 0. The number of nitrogens with one attached hydrogen (secondary N) is 1. The van der Waals surface area contributed by atoms with Crippen LogP contribution >= 0.6 is 0 Å². The van der Waals surface area contributed by atoms with E-state index >= 15 is 0 Å². The molecule has 0 spiro atoms. The molecule has 1 heterocycles. The number of hydrogen-bond donors (Lipinski definition) is 1. The predicted octanol–water partition coefficient (Wildman–Crippen LogP) is 2.86. The zero-order valence-electron chi connectivity index (χ0n) is 11.2. The quantitative estimate of drug-likeness (QED) is 0.705. The summed E-state index contributed by atoms with van der Waals surface area (Å²) in [7, 11) is 1.75. The summed E-state index contributed by atoms with van der Waals surface area (Å²) in [5.74, 6) is 0. The molecule has 1 atom stereocenters. The van der Waals surface area contributed by atoms with Crippen molar-refractivity contribution in [1.82, 2.24) is 10.3 Å². The molecule has 1 N–H and O–H groups in total. The van der Waals surface area contributed by atoms with Crippen LogP contribution in [0.15, 0.2) is 18.3 Å². The van der Waals surface area contributed by atoms with Crippen molar-refractivity contribution < 1.29 is 4.74 Å². The van der Waals surface area contributed by atoms with E-state index in [4.69, 9.17) is 4.74 Å². The van der Waals surface area contributed by atoms with Crippen LogP contribution in [0.25, 0.3) is 0 Å². The molecule has 1 unspecified atom stereocenters. The molecule has 0 saturated heterocycles. The molecule has 0 bridgehead atoms. The summed E-state index contributed by atoms with van der Waals surface area (Å²) in [5, 5.41) is 3.55. The van der Waals surface area contributed by atoms with Gasteiger partial charge in [-0.1, -0.05) is 6.92 Å². The summed E-state index contributed by atoms with van der Waals surface area (Å²) in [6.07, 6.45) is 5.17. The Kier molecular flexibility index (Phi) is 6.82. The molecule has 0 aliphatic carbocycles. The highest BCUT2D eigenvalue weighted by atomic mass is 16.5. The van der Waals surface area contributed by atoms with Crippen molar-refractivity contribution in [3.63, 3.8) is 0 Å². The van der Waals surface area contributed by atoms with Gasteiger partial charge in [0.05, 0.1) is 5.69 Å². The number of pyridine rings is 1. The lowest BCUT2D eigenvalue weighted by atomic mass is 10.1. The highest BCUT2D eigenvalue weighted by Gasteiger charge is 2.11. The maximum Gasteiger partial charge on any atom is 0.0575 e. The molecule has 0 aliphatic rings. The number of rotatable bonds is 8. The van der Waals surface area contributed by atoms with Gasteiger partial charge in [-0.3, -0.25) is 4.98 Å². The molecule has 1 aromatic rings. The lowest BCUT2D eigenvalue weighted by Crippen LogP contribution is -2.23. The normalized spacial score (nSPS) is 12.6. The average Bonchev–Trinajstić information content (AvgIpc) is 2.33. The van der Waals surface area contributed by atoms with Crippen molar-refractivity contribution in [2.45, 2.75) is 39.2 Å². The van der Waals surface area contributed by atoms with E-state index in [-0.39, 0.29) is 0 Å². The molecular weight excluding hydrogens is 212 g/mol. The molecule has 0 aromatic carbocycles. The number of methoxy groups -OCH3 is 1. The Morgan fingerprint density at radius 1 is 1.47 bits per heavy atom. The summed E-state index contributed by atoms with van der Waals surface area (Å²) in [5.41, 5.74) is 2.42. The number of hydrogen-bond acceptors (Lipinski definition) is 3. The van der Waals surface area contributed by atoms with E-state index in [0.717, 1.165) is 38.1 Å². The van der Waals surface area contributed by atoms with Crippen molar-refractivity contribution >= 4 is 0 Å². The summed E-state index contributed by atoms with van der Waals surface area (Å²) < 4.78 is 5.11. The molecule has 1 aromatic heterocycles. The van der Waals surface area contributed by atoms with Gasteiger partial charge in [-0.15, -0.1) is 0 Å². The maximum absolute atomic E-state index is 5.11. The second kappa shape index (κ2) is 8.20. The van der Waals surface area contributed by atoms with Gasteiger partial charge in [-0.2, -0.15) is 0 Å². The van der Waals surface area contributed by atoms with Gasteiger partial charge in [0.15, 0.2) is 0 Å². The third-order valence-electron chi connectivity index (χ3n) is 2.78. The molecule has 1 rings (SSSR count). The fourth-order valence-electron chi connectivity index (χ4n) is 1.85. The summed E-state index contributed by atoms with van der Waals surface area (Å²) in [4.78, 5) is 4.47. The summed E-state index contributed by atoms with van der Waals surface area (Å²) in [6.45, 7) is 6.14. The first-order valence-electron chi connectivity index (χ1n) is 6.42. The van der Waals surface area contributed by atoms with E-state index in [1.54, 1.807) is 7.11 Å². The van der Waals surface area contributed by atoms with Crippen molar-refractivity contribution in [3.05, 3.63) is 29.6 Å². The fourth-order valence-corrected chi connectivity index (χ4v) is 1.85. The van der Waals surface area contributed by atoms with E-state index in [9.17, 15) is 0 Å². The van der Waals surface area contributed by atoms with Gasteiger partial charge in [0.1, 0.15) is 0 Å². The topological polar surface area (TPSA) is 34.1 Å². The fraction of sp³-hybridized carbons (Fsp3) is 0.643. The van der Waals surface area contributed by atoms with Crippen LogP contribution in [0.4, 0.5) is 0 Å². The van der Waals surface area contributed by atoms with E-state index in [0.29, 0.717) is 6.04 Å². The van der Waals surface area contributed by atoms with Crippen LogP contribution in [0, 0.1) is 6.92 Å². The van der Waals surface area contributed by atoms with Gasteiger partial charge in [-0.25, -0.2) is 0 Å². The van der Waals surface area contributed by atoms with Crippen molar-refractivity contribution in [2.75, 3.05) is 20.3 Å². The largest absolute Gasteiger partial charge is 0.385 e. The molecule has 17 heavy (non-hydrogen) atoms. The van der Waals surface area contributed by atoms with Crippen molar-refractivity contribution in [1.29, 1.82) is 0 Å². The first kappa shape index (κ1) is 14.1. The number of nitrogens with zero attached hydrogens (tertiary/aromatic N) is 1. The second-order valence-electron chi connectivity index (χ2n) is 4.40. The van der Waals surface area contributed by atoms with E-state index < -0.39 is 0 Å². The zero-order valence-corrected chi connectivity index (χ0v) is 11.2. The monoisotopic (exact) mass is 236 g/mol. The van der Waals surface area contributed by atoms with Crippen LogP contribution in [-0.2, 0) is 4.74 Å². The first-order chi connectivity index (χ1) is 8.27. The number of aryl methyl sites for hydroxylation is 1.